The van der Waals surface area contributed by atoms with Crippen LogP contribution in [0.25, 0.3) is 5.65 Å². The van der Waals surface area contributed by atoms with Gasteiger partial charge in [0.1, 0.15) is 12.4 Å². The second kappa shape index (κ2) is 8.02. The van der Waals surface area contributed by atoms with Crippen molar-refractivity contribution in [3.05, 3.63) is 52.3 Å². The number of hydrogen-bond donors (Lipinski definition) is 2. The lowest BCUT2D eigenvalue weighted by atomic mass is 9.95. The molecule has 1 aromatic carbocycles. The van der Waals surface area contributed by atoms with Crippen LogP contribution in [0.1, 0.15) is 37.8 Å². The number of hydrogen-bond acceptors (Lipinski definition) is 5. The van der Waals surface area contributed by atoms with E-state index in [1.54, 1.807) is 25.1 Å². The van der Waals surface area contributed by atoms with E-state index in [9.17, 15) is 14.0 Å². The van der Waals surface area contributed by atoms with Crippen LogP contribution >= 0.6 is 0 Å². The molecular weight excluding hydrogens is 375 g/mol. The summed E-state index contributed by atoms with van der Waals surface area (Å²) < 4.78 is 15.6. The number of nitrogens with zero attached hydrogens (tertiary/aromatic N) is 4. The molecule has 1 saturated carbocycles. The molecule has 0 bridgehead atoms. The van der Waals surface area contributed by atoms with Crippen molar-refractivity contribution in [1.29, 1.82) is 0 Å². The Morgan fingerprint density at radius 2 is 1.93 bits per heavy atom. The number of benzene rings is 1. The number of amides is 1. The summed E-state index contributed by atoms with van der Waals surface area (Å²) in [5, 5.41) is 10.3. The Balaban J connectivity index is 1.59. The third-order valence-corrected chi connectivity index (χ3v) is 5.06. The van der Waals surface area contributed by atoms with Crippen LogP contribution in [-0.2, 0) is 11.3 Å². The number of halogens is 1. The van der Waals surface area contributed by atoms with Gasteiger partial charge in [0.15, 0.2) is 5.65 Å². The topological polar surface area (TPSA) is 93.3 Å². The van der Waals surface area contributed by atoms with Crippen LogP contribution in [0.2, 0.25) is 0 Å². The first-order valence-electron chi connectivity index (χ1n) is 9.79. The lowest BCUT2D eigenvalue weighted by Crippen LogP contribution is -2.40. The molecule has 0 unspecified atom stereocenters. The van der Waals surface area contributed by atoms with Crippen molar-refractivity contribution in [2.75, 3.05) is 5.32 Å². The minimum Gasteiger partial charge on any atom is -0.352 e. The van der Waals surface area contributed by atoms with Crippen LogP contribution in [0.5, 0.6) is 0 Å². The Kier molecular flexibility index (Phi) is 5.28. The van der Waals surface area contributed by atoms with Crippen LogP contribution in [0.3, 0.4) is 0 Å². The maximum absolute atomic E-state index is 13.1. The van der Waals surface area contributed by atoms with E-state index in [0.29, 0.717) is 17.0 Å². The van der Waals surface area contributed by atoms with Crippen molar-refractivity contribution in [3.8, 4) is 0 Å². The molecule has 29 heavy (non-hydrogen) atoms. The number of fused-ring (bicyclic) bond motifs is 1. The van der Waals surface area contributed by atoms with Crippen molar-refractivity contribution in [2.24, 2.45) is 0 Å². The Bertz CT molecular complexity index is 1080. The van der Waals surface area contributed by atoms with Gasteiger partial charge in [0.25, 0.3) is 0 Å². The largest absolute Gasteiger partial charge is 0.353 e. The second-order valence-electron chi connectivity index (χ2n) is 7.39. The fraction of sp³-hybridized carbons (Fsp3) is 0.400. The van der Waals surface area contributed by atoms with E-state index in [4.69, 9.17) is 0 Å². The van der Waals surface area contributed by atoms with Crippen LogP contribution in [0.15, 0.2) is 35.1 Å². The number of aryl methyl sites for hydroxylation is 1. The highest BCUT2D eigenvalue weighted by molar-refractivity contribution is 5.76. The normalized spacial score (nSPS) is 14.8. The highest BCUT2D eigenvalue weighted by atomic mass is 19.1. The highest BCUT2D eigenvalue weighted by Crippen LogP contribution is 2.18. The lowest BCUT2D eigenvalue weighted by Gasteiger charge is -2.22. The molecule has 0 aliphatic heterocycles. The molecule has 0 atom stereocenters. The molecule has 3 aromatic rings. The van der Waals surface area contributed by atoms with Crippen LogP contribution < -0.4 is 16.3 Å². The predicted octanol–water partition coefficient (Wildman–Crippen LogP) is 2.53. The maximum atomic E-state index is 13.1. The quantitative estimate of drug-likeness (QED) is 0.689. The average molecular weight is 398 g/mol. The van der Waals surface area contributed by atoms with E-state index in [2.05, 4.69) is 20.7 Å². The van der Waals surface area contributed by atoms with Gasteiger partial charge in [-0.2, -0.15) is 0 Å². The minimum absolute atomic E-state index is 0.147. The van der Waals surface area contributed by atoms with E-state index < -0.39 is 5.69 Å². The van der Waals surface area contributed by atoms with Crippen LogP contribution in [0.4, 0.5) is 16.0 Å². The van der Waals surface area contributed by atoms with Gasteiger partial charge in [-0.25, -0.2) is 23.3 Å². The Labute approximate surface area is 166 Å². The van der Waals surface area contributed by atoms with Crippen molar-refractivity contribution in [3.63, 3.8) is 0 Å². The smallest absolute Gasteiger partial charge is 0.352 e. The monoisotopic (exact) mass is 398 g/mol. The Hall–Kier alpha value is -3.23. The zero-order chi connectivity index (χ0) is 20.4. The molecular formula is C20H23FN6O2. The number of carbonyl (C=O) groups is 1. The molecule has 2 aromatic heterocycles. The fourth-order valence-corrected chi connectivity index (χ4v) is 3.66. The summed E-state index contributed by atoms with van der Waals surface area (Å²) in [7, 11) is 0. The van der Waals surface area contributed by atoms with Crippen molar-refractivity contribution in [2.45, 2.75) is 51.6 Å². The van der Waals surface area contributed by atoms with Crippen molar-refractivity contribution < 1.29 is 9.18 Å². The van der Waals surface area contributed by atoms with Gasteiger partial charge >= 0.3 is 5.69 Å². The van der Waals surface area contributed by atoms with Crippen molar-refractivity contribution in [1.82, 2.24) is 24.5 Å². The molecule has 2 heterocycles. The second-order valence-corrected chi connectivity index (χ2v) is 7.39. The summed E-state index contributed by atoms with van der Waals surface area (Å²) in [5.74, 6) is -0.317. The van der Waals surface area contributed by atoms with Crippen LogP contribution in [0, 0.1) is 12.7 Å². The van der Waals surface area contributed by atoms with E-state index in [-0.39, 0.29) is 30.3 Å². The molecule has 1 aliphatic rings. The molecule has 0 spiro atoms. The number of aromatic nitrogens is 4. The van der Waals surface area contributed by atoms with Gasteiger partial charge in [-0.05, 0) is 44.0 Å². The van der Waals surface area contributed by atoms with E-state index in [1.165, 1.54) is 23.0 Å². The summed E-state index contributed by atoms with van der Waals surface area (Å²) >= 11 is 0. The first-order valence-corrected chi connectivity index (χ1v) is 9.79. The van der Waals surface area contributed by atoms with E-state index in [1.807, 2.05) is 0 Å². The highest BCUT2D eigenvalue weighted by Gasteiger charge is 2.19. The fourth-order valence-electron chi connectivity index (χ4n) is 3.66. The van der Waals surface area contributed by atoms with Gasteiger partial charge in [0.05, 0.1) is 0 Å². The van der Waals surface area contributed by atoms with Gasteiger partial charge in [-0.1, -0.05) is 19.3 Å². The molecule has 1 amide bonds. The molecule has 1 fully saturated rings. The molecule has 0 radical (unpaired) electrons. The van der Waals surface area contributed by atoms with E-state index >= 15 is 0 Å². The van der Waals surface area contributed by atoms with Gasteiger partial charge in [0.2, 0.25) is 11.9 Å². The standard InChI is InChI=1S/C20H23FN6O2/c1-13-11-17-25-26(12-18(28)23-15-5-3-2-4-6-15)20(29)27(17)19(22-13)24-16-9-7-14(21)8-10-16/h7-11,15H,2-6,12H2,1H3,(H,22,24)(H,23,28). The number of rotatable bonds is 5. The first kappa shape index (κ1) is 19.1. The van der Waals surface area contributed by atoms with Gasteiger partial charge in [-0.3, -0.25) is 4.79 Å². The Morgan fingerprint density at radius 1 is 1.21 bits per heavy atom. The van der Waals surface area contributed by atoms with Crippen molar-refractivity contribution >= 4 is 23.2 Å². The number of anilines is 2. The first-order chi connectivity index (χ1) is 14.0. The summed E-state index contributed by atoms with van der Waals surface area (Å²) in [4.78, 5) is 29.6. The summed E-state index contributed by atoms with van der Waals surface area (Å²) in [6.07, 6.45) is 5.38. The number of carbonyl (C=O) groups excluding carboxylic acids is 1. The minimum atomic E-state index is -0.462. The third kappa shape index (κ3) is 4.28. The Morgan fingerprint density at radius 3 is 2.66 bits per heavy atom. The average Bonchev–Trinajstić information content (AvgIpc) is 2.99. The van der Waals surface area contributed by atoms with Gasteiger partial charge in [-0.15, -0.1) is 5.10 Å². The third-order valence-electron chi connectivity index (χ3n) is 5.06. The molecule has 4 rings (SSSR count). The summed E-state index contributed by atoms with van der Waals surface area (Å²) in [6, 6.07) is 7.58. The SMILES string of the molecule is Cc1cc2nn(CC(=O)NC3CCCCC3)c(=O)n2c(Nc2ccc(F)cc2)n1. The lowest BCUT2D eigenvalue weighted by molar-refractivity contribution is -0.122. The molecule has 152 valence electrons. The summed E-state index contributed by atoms with van der Waals surface area (Å²) in [6.45, 7) is 1.64. The molecule has 8 nitrogen and oxygen atoms in total. The molecule has 1 aliphatic carbocycles. The number of nitrogens with one attached hydrogen (secondary N) is 2. The van der Waals surface area contributed by atoms with Gasteiger partial charge < -0.3 is 10.6 Å². The zero-order valence-electron chi connectivity index (χ0n) is 16.2. The summed E-state index contributed by atoms with van der Waals surface area (Å²) in [5.41, 5.74) is 1.17. The van der Waals surface area contributed by atoms with Crippen LogP contribution in [-0.4, -0.2) is 31.1 Å². The van der Waals surface area contributed by atoms with E-state index in [0.717, 1.165) is 30.4 Å². The molecule has 0 saturated heterocycles. The zero-order valence-corrected chi connectivity index (χ0v) is 16.2. The maximum Gasteiger partial charge on any atom is 0.353 e. The molecule has 9 heteroatoms. The molecule has 2 N–H and O–H groups in total. The predicted molar refractivity (Wildman–Crippen MR) is 107 cm³/mol. The van der Waals surface area contributed by atoms with Gasteiger partial charge in [0, 0.05) is 23.5 Å².